The van der Waals surface area contributed by atoms with Crippen molar-refractivity contribution in [2.24, 2.45) is 7.05 Å². The molecular formula is C15H17ClN2O4S2. The van der Waals surface area contributed by atoms with Crippen LogP contribution in [-0.4, -0.2) is 36.5 Å². The molecule has 9 heteroatoms. The van der Waals surface area contributed by atoms with E-state index in [4.69, 9.17) is 16.3 Å². The van der Waals surface area contributed by atoms with E-state index in [2.05, 4.69) is 0 Å². The maximum Gasteiger partial charge on any atom is 0.254 e. The Kier molecular flexibility index (Phi) is 4.74. The van der Waals surface area contributed by atoms with Crippen molar-refractivity contribution >= 4 is 33.0 Å². The van der Waals surface area contributed by atoms with E-state index >= 15 is 0 Å². The second kappa shape index (κ2) is 6.51. The molecule has 1 saturated heterocycles. The molecule has 0 unspecified atom stereocenters. The summed E-state index contributed by atoms with van der Waals surface area (Å²) in [5.74, 6) is 0.471. The van der Waals surface area contributed by atoms with Gasteiger partial charge in [0.1, 0.15) is 16.1 Å². The average Bonchev–Trinajstić information content (AvgIpc) is 3.14. The lowest BCUT2D eigenvalue weighted by molar-refractivity contribution is 0.214. The van der Waals surface area contributed by atoms with Gasteiger partial charge in [-0.1, -0.05) is 11.6 Å². The zero-order valence-corrected chi connectivity index (χ0v) is 15.6. The van der Waals surface area contributed by atoms with Crippen LogP contribution < -0.4 is 10.3 Å². The maximum absolute atomic E-state index is 12.6. The van der Waals surface area contributed by atoms with E-state index in [1.54, 1.807) is 19.2 Å². The summed E-state index contributed by atoms with van der Waals surface area (Å²) >= 11 is 6.87. The van der Waals surface area contributed by atoms with Crippen LogP contribution in [0, 0.1) is 6.92 Å². The van der Waals surface area contributed by atoms with Crippen LogP contribution in [0.1, 0.15) is 12.1 Å². The van der Waals surface area contributed by atoms with Crippen LogP contribution in [0.25, 0.3) is 0 Å². The highest BCUT2D eigenvalue weighted by molar-refractivity contribution is 7.91. The molecule has 0 N–H and O–H groups in total. The summed E-state index contributed by atoms with van der Waals surface area (Å²) in [6.07, 6.45) is 0.300. The maximum atomic E-state index is 12.6. The highest BCUT2D eigenvalue weighted by Gasteiger charge is 2.34. The predicted molar refractivity (Wildman–Crippen MR) is 93.5 cm³/mol. The van der Waals surface area contributed by atoms with Gasteiger partial charge < -0.3 is 9.30 Å². The van der Waals surface area contributed by atoms with Crippen molar-refractivity contribution in [1.29, 1.82) is 0 Å². The Morgan fingerprint density at radius 3 is 2.71 bits per heavy atom. The third-order valence-electron chi connectivity index (χ3n) is 4.03. The largest absolute Gasteiger partial charge is 0.489 e. The van der Waals surface area contributed by atoms with Gasteiger partial charge in [-0.2, -0.15) is 4.31 Å². The number of aryl methyl sites for hydroxylation is 1. The topological polar surface area (TPSA) is 68.6 Å². The van der Waals surface area contributed by atoms with Gasteiger partial charge >= 0.3 is 0 Å². The number of pyridine rings is 1. The van der Waals surface area contributed by atoms with Gasteiger partial charge in [-0.3, -0.25) is 4.79 Å². The molecule has 1 atom stereocenters. The molecule has 3 rings (SSSR count). The fourth-order valence-corrected chi connectivity index (χ4v) is 5.70. The number of thiophene rings is 1. The highest BCUT2D eigenvalue weighted by Crippen LogP contribution is 2.30. The first-order valence-electron chi connectivity index (χ1n) is 7.37. The number of halogens is 1. The van der Waals surface area contributed by atoms with E-state index in [-0.39, 0.29) is 22.4 Å². The molecule has 6 nitrogen and oxygen atoms in total. The average molecular weight is 389 g/mol. The number of nitrogens with zero attached hydrogens (tertiary/aromatic N) is 2. The number of sulfonamides is 1. The van der Waals surface area contributed by atoms with Crippen molar-refractivity contribution in [3.8, 4) is 5.75 Å². The van der Waals surface area contributed by atoms with Crippen LogP contribution in [0.3, 0.4) is 0 Å². The molecule has 2 aromatic heterocycles. The van der Waals surface area contributed by atoms with Crippen LogP contribution in [0.5, 0.6) is 5.75 Å². The highest BCUT2D eigenvalue weighted by atomic mass is 35.5. The summed E-state index contributed by atoms with van der Waals surface area (Å²) in [7, 11) is -1.85. The minimum absolute atomic E-state index is 0.152. The van der Waals surface area contributed by atoms with Crippen LogP contribution >= 0.6 is 22.9 Å². The van der Waals surface area contributed by atoms with Gasteiger partial charge in [-0.25, -0.2) is 8.42 Å². The number of hydrogen-bond acceptors (Lipinski definition) is 5. The number of rotatable bonds is 4. The molecule has 0 spiro atoms. The van der Waals surface area contributed by atoms with E-state index in [9.17, 15) is 13.2 Å². The Labute approximate surface area is 149 Å². The molecule has 0 amide bonds. The number of ether oxygens (including phenoxy) is 1. The van der Waals surface area contributed by atoms with Crippen molar-refractivity contribution in [3.63, 3.8) is 0 Å². The molecule has 0 saturated carbocycles. The van der Waals surface area contributed by atoms with Gasteiger partial charge in [0.2, 0.25) is 0 Å². The van der Waals surface area contributed by atoms with Gasteiger partial charge in [0.05, 0.1) is 10.9 Å². The summed E-state index contributed by atoms with van der Waals surface area (Å²) in [5, 5.41) is 0. The summed E-state index contributed by atoms with van der Waals surface area (Å²) in [5.41, 5.74) is 0.633. The molecule has 3 heterocycles. The van der Waals surface area contributed by atoms with Crippen LogP contribution in [0.4, 0.5) is 0 Å². The zero-order valence-electron chi connectivity index (χ0n) is 13.2. The quantitative estimate of drug-likeness (QED) is 0.805. The van der Waals surface area contributed by atoms with Crippen LogP contribution in [-0.2, 0) is 17.1 Å². The minimum Gasteiger partial charge on any atom is -0.489 e. The number of aromatic nitrogens is 1. The van der Waals surface area contributed by atoms with Crippen LogP contribution in [0.15, 0.2) is 33.3 Å². The summed E-state index contributed by atoms with van der Waals surface area (Å²) < 4.78 is 34.5. The summed E-state index contributed by atoms with van der Waals surface area (Å²) in [4.78, 5) is 11.8. The molecule has 0 aliphatic carbocycles. The van der Waals surface area contributed by atoms with Crippen molar-refractivity contribution < 1.29 is 13.2 Å². The van der Waals surface area contributed by atoms with E-state index in [1.807, 2.05) is 6.92 Å². The molecule has 24 heavy (non-hydrogen) atoms. The van der Waals surface area contributed by atoms with E-state index < -0.39 is 10.0 Å². The predicted octanol–water partition coefficient (Wildman–Crippen LogP) is 2.25. The van der Waals surface area contributed by atoms with E-state index in [1.165, 1.54) is 21.0 Å². The molecule has 0 bridgehead atoms. The first-order chi connectivity index (χ1) is 11.3. The Morgan fingerprint density at radius 2 is 2.08 bits per heavy atom. The smallest absolute Gasteiger partial charge is 0.254 e. The second-order valence-corrected chi connectivity index (χ2v) is 9.56. The zero-order chi connectivity index (χ0) is 17.5. The normalized spacial score (nSPS) is 18.9. The molecule has 1 aliphatic rings. The lowest BCUT2D eigenvalue weighted by atomic mass is 10.3. The third kappa shape index (κ3) is 3.37. The molecule has 0 radical (unpaired) electrons. The molecular weight excluding hydrogens is 372 g/mol. The summed E-state index contributed by atoms with van der Waals surface area (Å²) in [6.45, 7) is 2.46. The Morgan fingerprint density at radius 1 is 1.33 bits per heavy atom. The lowest BCUT2D eigenvalue weighted by Crippen LogP contribution is -2.30. The van der Waals surface area contributed by atoms with Gasteiger partial charge in [0.25, 0.3) is 15.6 Å². The summed E-state index contributed by atoms with van der Waals surface area (Å²) in [6, 6.07) is 6.28. The third-order valence-corrected chi connectivity index (χ3v) is 7.59. The lowest BCUT2D eigenvalue weighted by Gasteiger charge is -2.17. The van der Waals surface area contributed by atoms with Crippen molar-refractivity contribution in [2.75, 3.05) is 13.1 Å². The Hall–Kier alpha value is -1.35. The second-order valence-electron chi connectivity index (χ2n) is 5.68. The van der Waals surface area contributed by atoms with Gasteiger partial charge in [-0.15, -0.1) is 11.3 Å². The van der Waals surface area contributed by atoms with E-state index in [0.29, 0.717) is 23.1 Å². The fourth-order valence-electron chi connectivity index (χ4n) is 2.57. The van der Waals surface area contributed by atoms with Gasteiger partial charge in [0, 0.05) is 25.4 Å². The van der Waals surface area contributed by atoms with Crippen LogP contribution in [0.2, 0.25) is 4.34 Å². The van der Waals surface area contributed by atoms with Gasteiger partial charge in [0.15, 0.2) is 0 Å². The molecule has 0 aromatic carbocycles. The molecule has 130 valence electrons. The first-order valence-corrected chi connectivity index (χ1v) is 10.0. The first kappa shape index (κ1) is 17.5. The molecule has 1 fully saturated rings. The minimum atomic E-state index is -3.54. The Balaban J connectivity index is 1.73. The van der Waals surface area contributed by atoms with Crippen molar-refractivity contribution in [2.45, 2.75) is 23.7 Å². The SMILES string of the molecule is Cc1cc(O[C@@H]2CCN(S(=O)(=O)c3ccc(Cl)s3)C2)cc(=O)n1C. The molecule has 1 aliphatic heterocycles. The van der Waals surface area contributed by atoms with Crippen molar-refractivity contribution in [3.05, 3.63) is 44.6 Å². The fraction of sp³-hybridized carbons (Fsp3) is 0.400. The Bertz CT molecular complexity index is 920. The number of hydrogen-bond donors (Lipinski definition) is 0. The monoisotopic (exact) mass is 388 g/mol. The van der Waals surface area contributed by atoms with Gasteiger partial charge in [-0.05, 0) is 31.5 Å². The molecule has 2 aromatic rings. The standard InChI is InChI=1S/C15H17ClN2O4S2/c1-10-7-12(8-14(19)17(10)2)22-11-5-6-18(9-11)24(20,21)15-4-3-13(16)23-15/h3-4,7-8,11H,5-6,9H2,1-2H3/t11-/m1/s1. The van der Waals surface area contributed by atoms with E-state index in [0.717, 1.165) is 17.0 Å². The van der Waals surface area contributed by atoms with Crippen molar-refractivity contribution in [1.82, 2.24) is 8.87 Å².